The van der Waals surface area contributed by atoms with Gasteiger partial charge >= 0.3 is 0 Å². The van der Waals surface area contributed by atoms with Gasteiger partial charge in [0.1, 0.15) is 41.0 Å². The fraction of sp³-hybridized carbons (Fsp3) is 0.344. The predicted octanol–water partition coefficient (Wildman–Crippen LogP) is 4.74. The number of likely N-dealkylation sites (tertiary alicyclic amines) is 1. The molecule has 3 N–H and O–H groups in total. The van der Waals surface area contributed by atoms with Crippen LogP contribution in [0.15, 0.2) is 54.4 Å². The van der Waals surface area contributed by atoms with Crippen molar-refractivity contribution < 1.29 is 27.4 Å². The third-order valence-corrected chi connectivity index (χ3v) is 7.66. The Balaban J connectivity index is 1.43. The minimum absolute atomic E-state index is 0.0156. The molecule has 1 atom stereocenters. The first kappa shape index (κ1) is 32.4. The van der Waals surface area contributed by atoms with E-state index in [1.165, 1.54) is 30.6 Å². The summed E-state index contributed by atoms with van der Waals surface area (Å²) in [6.07, 6.45) is 4.26. The summed E-state index contributed by atoms with van der Waals surface area (Å²) >= 11 is 0. The van der Waals surface area contributed by atoms with Crippen LogP contribution in [0.1, 0.15) is 26.7 Å². The van der Waals surface area contributed by atoms with Gasteiger partial charge in [0.25, 0.3) is 5.91 Å². The Kier molecular flexibility index (Phi) is 9.54. The number of carbonyl (C=O) groups excluding carboxylic acids is 1. The molecule has 240 valence electrons. The van der Waals surface area contributed by atoms with Crippen LogP contribution in [0, 0.1) is 28.8 Å². The Bertz CT molecular complexity index is 1840. The lowest BCUT2D eigenvalue weighted by Crippen LogP contribution is -2.42. The van der Waals surface area contributed by atoms with Crippen molar-refractivity contribution in [3.8, 4) is 28.8 Å². The second kappa shape index (κ2) is 13.6. The average Bonchev–Trinajstić information content (AvgIpc) is 3.64. The minimum atomic E-state index is -1.19. The van der Waals surface area contributed by atoms with Crippen molar-refractivity contribution in [2.75, 3.05) is 32.5 Å². The number of benzene rings is 2. The number of nitriles is 1. The molecule has 0 spiro atoms. The lowest BCUT2D eigenvalue weighted by Gasteiger charge is -2.27. The molecule has 1 aliphatic rings. The number of methoxy groups -OCH3 is 1. The number of halogens is 3. The van der Waals surface area contributed by atoms with Gasteiger partial charge in [-0.1, -0.05) is 6.07 Å². The van der Waals surface area contributed by atoms with E-state index in [1.54, 1.807) is 22.8 Å². The van der Waals surface area contributed by atoms with Gasteiger partial charge < -0.3 is 25.4 Å². The van der Waals surface area contributed by atoms with Gasteiger partial charge in [-0.25, -0.2) is 23.4 Å². The SMILES string of the molecule is COCCNC(C)(C)C=C(C#N)C(=O)N1CCC[C@H]1Cn1nc(-c2ccc(Oc3cccc(F)c3F)cc2F)c2c(N)ncnc21. The Hall–Kier alpha value is -5.00. The van der Waals surface area contributed by atoms with E-state index >= 15 is 4.39 Å². The van der Waals surface area contributed by atoms with E-state index in [0.717, 1.165) is 18.6 Å². The molecule has 5 rings (SSSR count). The van der Waals surface area contributed by atoms with Crippen LogP contribution >= 0.6 is 0 Å². The van der Waals surface area contributed by atoms with Crippen molar-refractivity contribution in [1.82, 2.24) is 30.0 Å². The number of hydrogen-bond acceptors (Lipinski definition) is 9. The molecule has 0 aliphatic carbocycles. The van der Waals surface area contributed by atoms with E-state index in [9.17, 15) is 18.8 Å². The number of nitrogen functional groups attached to an aromatic ring is 1. The number of anilines is 1. The zero-order valence-electron chi connectivity index (χ0n) is 25.6. The van der Waals surface area contributed by atoms with Crippen LogP contribution in [-0.4, -0.2) is 68.9 Å². The minimum Gasteiger partial charge on any atom is -0.454 e. The van der Waals surface area contributed by atoms with Gasteiger partial charge in [-0.05, 0) is 57.0 Å². The van der Waals surface area contributed by atoms with Crippen LogP contribution in [0.5, 0.6) is 11.5 Å². The molecule has 2 aromatic carbocycles. The lowest BCUT2D eigenvalue weighted by atomic mass is 10.0. The number of aromatic nitrogens is 4. The van der Waals surface area contributed by atoms with E-state index < -0.39 is 34.6 Å². The number of ether oxygens (including phenoxy) is 2. The van der Waals surface area contributed by atoms with Crippen LogP contribution < -0.4 is 15.8 Å². The van der Waals surface area contributed by atoms with Crippen LogP contribution in [0.4, 0.5) is 19.0 Å². The maximum atomic E-state index is 15.5. The first-order valence-electron chi connectivity index (χ1n) is 14.6. The molecule has 1 saturated heterocycles. The number of hydrogen-bond donors (Lipinski definition) is 2. The highest BCUT2D eigenvalue weighted by molar-refractivity contribution is 5.99. The number of nitrogens with one attached hydrogen (secondary N) is 1. The third-order valence-electron chi connectivity index (χ3n) is 7.66. The zero-order chi connectivity index (χ0) is 33.0. The molecule has 2 aromatic heterocycles. The lowest BCUT2D eigenvalue weighted by molar-refractivity contribution is -0.127. The molecule has 0 bridgehead atoms. The molecule has 11 nitrogen and oxygen atoms in total. The largest absolute Gasteiger partial charge is 0.454 e. The number of nitrogens with zero attached hydrogens (tertiary/aromatic N) is 6. The smallest absolute Gasteiger partial charge is 0.264 e. The summed E-state index contributed by atoms with van der Waals surface area (Å²) in [6.45, 7) is 5.41. The predicted molar refractivity (Wildman–Crippen MR) is 164 cm³/mol. The molecule has 46 heavy (non-hydrogen) atoms. The number of fused-ring (bicyclic) bond motifs is 1. The van der Waals surface area contributed by atoms with Gasteiger partial charge in [0, 0.05) is 37.4 Å². The highest BCUT2D eigenvalue weighted by Crippen LogP contribution is 2.35. The van der Waals surface area contributed by atoms with Gasteiger partial charge in [0.05, 0.1) is 24.6 Å². The molecule has 0 radical (unpaired) electrons. The zero-order valence-corrected chi connectivity index (χ0v) is 25.6. The van der Waals surface area contributed by atoms with Crippen LogP contribution in [-0.2, 0) is 16.1 Å². The standard InChI is InChI=1S/C32H33F3N8O3/c1-32(2,40-11-13-45-3)15-19(16-36)31(44)42-12-5-6-20(42)17-43-30-26(29(37)38-18-39-30)28(41-43)22-10-9-21(14-24(22)34)46-25-8-4-7-23(33)27(25)35/h4,7-10,14-15,18,20,40H,5-6,11-13,17H2,1-3H3,(H2,37,38,39)/t20-/m0/s1. The fourth-order valence-corrected chi connectivity index (χ4v) is 5.46. The highest BCUT2D eigenvalue weighted by atomic mass is 19.2. The van der Waals surface area contributed by atoms with Gasteiger partial charge in [-0.2, -0.15) is 14.8 Å². The Morgan fingerprint density at radius 1 is 1.22 bits per heavy atom. The van der Waals surface area contributed by atoms with Crippen molar-refractivity contribution >= 4 is 22.8 Å². The monoisotopic (exact) mass is 634 g/mol. The van der Waals surface area contributed by atoms with Gasteiger partial charge in [0.2, 0.25) is 5.82 Å². The summed E-state index contributed by atoms with van der Waals surface area (Å²) < 4.78 is 55.3. The summed E-state index contributed by atoms with van der Waals surface area (Å²) in [6, 6.07) is 8.99. The van der Waals surface area contributed by atoms with Crippen LogP contribution in [0.25, 0.3) is 22.3 Å². The molecule has 0 unspecified atom stereocenters. The van der Waals surface area contributed by atoms with E-state index in [4.69, 9.17) is 15.2 Å². The molecule has 0 saturated carbocycles. The van der Waals surface area contributed by atoms with Crippen molar-refractivity contribution in [1.29, 1.82) is 5.26 Å². The molecule has 3 heterocycles. The van der Waals surface area contributed by atoms with Crippen molar-refractivity contribution in [2.45, 2.75) is 44.8 Å². The fourth-order valence-electron chi connectivity index (χ4n) is 5.46. The number of amides is 1. The molecule has 14 heteroatoms. The number of nitrogens with two attached hydrogens (primary N) is 1. The molecular formula is C32H33F3N8O3. The molecule has 1 amide bonds. The molecule has 4 aromatic rings. The van der Waals surface area contributed by atoms with Crippen molar-refractivity contribution in [2.24, 2.45) is 0 Å². The summed E-state index contributed by atoms with van der Waals surface area (Å²) in [4.78, 5) is 23.6. The normalized spacial score (nSPS) is 15.4. The van der Waals surface area contributed by atoms with E-state index in [2.05, 4.69) is 26.5 Å². The Morgan fingerprint density at radius 2 is 2.02 bits per heavy atom. The van der Waals surface area contributed by atoms with Crippen LogP contribution in [0.3, 0.4) is 0 Å². The van der Waals surface area contributed by atoms with E-state index in [1.807, 2.05) is 13.8 Å². The first-order chi connectivity index (χ1) is 22.0. The summed E-state index contributed by atoms with van der Waals surface area (Å²) in [7, 11) is 1.59. The van der Waals surface area contributed by atoms with E-state index in [0.29, 0.717) is 37.2 Å². The molecular weight excluding hydrogens is 601 g/mol. The first-order valence-corrected chi connectivity index (χ1v) is 14.6. The molecule has 1 aliphatic heterocycles. The average molecular weight is 635 g/mol. The van der Waals surface area contributed by atoms with Gasteiger partial charge in [0.15, 0.2) is 17.2 Å². The maximum Gasteiger partial charge on any atom is 0.264 e. The van der Waals surface area contributed by atoms with Crippen LogP contribution in [0.2, 0.25) is 0 Å². The number of rotatable bonds is 11. The summed E-state index contributed by atoms with van der Waals surface area (Å²) in [5.74, 6) is -3.82. The van der Waals surface area contributed by atoms with Crippen molar-refractivity contribution in [3.63, 3.8) is 0 Å². The topological polar surface area (TPSA) is 144 Å². The second-order valence-electron chi connectivity index (χ2n) is 11.4. The molecule has 1 fully saturated rings. The quantitative estimate of drug-likeness (QED) is 0.136. The Morgan fingerprint density at radius 3 is 2.76 bits per heavy atom. The van der Waals surface area contributed by atoms with Crippen molar-refractivity contribution in [3.05, 3.63) is 71.8 Å². The summed E-state index contributed by atoms with van der Waals surface area (Å²) in [5.41, 5.74) is 6.14. The number of carbonyl (C=O) groups is 1. The second-order valence-corrected chi connectivity index (χ2v) is 11.4. The van der Waals surface area contributed by atoms with Gasteiger partial charge in [-0.15, -0.1) is 0 Å². The van der Waals surface area contributed by atoms with Gasteiger partial charge in [-0.3, -0.25) is 4.79 Å². The highest BCUT2D eigenvalue weighted by Gasteiger charge is 2.33. The van der Waals surface area contributed by atoms with E-state index in [-0.39, 0.29) is 41.0 Å². The Labute approximate surface area is 263 Å². The summed E-state index contributed by atoms with van der Waals surface area (Å²) in [5, 5.41) is 18.1. The maximum absolute atomic E-state index is 15.5. The third kappa shape index (κ3) is 6.80.